The Balaban J connectivity index is 1.32. The van der Waals surface area contributed by atoms with Crippen LogP contribution in [-0.4, -0.2) is 25.1 Å². The summed E-state index contributed by atoms with van der Waals surface area (Å²) >= 11 is 1.32. The van der Waals surface area contributed by atoms with Gasteiger partial charge in [-0.25, -0.2) is 4.79 Å². The molecule has 1 amide bonds. The van der Waals surface area contributed by atoms with E-state index in [0.29, 0.717) is 16.3 Å². The van der Waals surface area contributed by atoms with Gasteiger partial charge in [-0.05, 0) is 72.6 Å². The Morgan fingerprint density at radius 1 is 0.865 bits per heavy atom. The number of anilines is 1. The van der Waals surface area contributed by atoms with Gasteiger partial charge >= 0.3 is 5.97 Å². The molecule has 0 radical (unpaired) electrons. The molecule has 0 saturated heterocycles. The molecule has 1 N–H and O–H groups in total. The van der Waals surface area contributed by atoms with Crippen LogP contribution < -0.4 is 10.1 Å². The summed E-state index contributed by atoms with van der Waals surface area (Å²) in [7, 11) is 1.35. The number of nitrogens with one attached hydrogen (secondary N) is 1. The van der Waals surface area contributed by atoms with Crippen molar-refractivity contribution in [1.29, 1.82) is 0 Å². The quantitative estimate of drug-likeness (QED) is 0.268. The van der Waals surface area contributed by atoms with E-state index in [2.05, 4.69) is 23.5 Å². The number of fused-ring (bicyclic) bond motifs is 1. The van der Waals surface area contributed by atoms with Crippen molar-refractivity contribution in [2.75, 3.05) is 12.4 Å². The number of carbonyl (C=O) groups is 2. The standard InChI is InChI=1S/C31H29NO4S/c1-20(36-26-16-14-23(15-17-26)21-8-4-3-5-9-21)29(33)32-30-28(31(34)35-2)27(19-37-30)25-13-12-22-10-6-7-11-24(22)18-25/h3-5,8-9,12-20H,6-7,10-11H2,1-2H3,(H,32,33). The summed E-state index contributed by atoms with van der Waals surface area (Å²) in [6, 6.07) is 24.1. The molecule has 6 heteroatoms. The zero-order chi connectivity index (χ0) is 25.8. The molecular weight excluding hydrogens is 482 g/mol. The second-order valence-corrected chi connectivity index (χ2v) is 10.1. The Hall–Kier alpha value is -3.90. The van der Waals surface area contributed by atoms with Crippen molar-refractivity contribution in [3.63, 3.8) is 0 Å². The Morgan fingerprint density at radius 3 is 2.27 bits per heavy atom. The van der Waals surface area contributed by atoms with Crippen molar-refractivity contribution < 1.29 is 19.1 Å². The van der Waals surface area contributed by atoms with E-state index in [9.17, 15) is 9.59 Å². The number of hydrogen-bond donors (Lipinski definition) is 1. The molecule has 5 rings (SSSR count). The highest BCUT2D eigenvalue weighted by molar-refractivity contribution is 7.15. The summed E-state index contributed by atoms with van der Waals surface area (Å²) in [5.41, 5.74) is 6.99. The van der Waals surface area contributed by atoms with E-state index < -0.39 is 12.1 Å². The molecule has 0 aliphatic heterocycles. The summed E-state index contributed by atoms with van der Waals surface area (Å²) < 4.78 is 11.0. The average molecular weight is 512 g/mol. The van der Waals surface area contributed by atoms with Crippen LogP contribution in [-0.2, 0) is 22.4 Å². The molecule has 0 bridgehead atoms. The monoisotopic (exact) mass is 511 g/mol. The van der Waals surface area contributed by atoms with Gasteiger partial charge in [0.25, 0.3) is 5.91 Å². The number of ether oxygens (including phenoxy) is 2. The SMILES string of the molecule is COC(=O)c1c(-c2ccc3c(c2)CCCC3)csc1NC(=O)C(C)Oc1ccc(-c2ccccc2)cc1. The number of amides is 1. The van der Waals surface area contributed by atoms with Crippen LogP contribution in [0, 0.1) is 0 Å². The van der Waals surface area contributed by atoms with Gasteiger partial charge in [0, 0.05) is 10.9 Å². The van der Waals surface area contributed by atoms with Gasteiger partial charge in [0.2, 0.25) is 0 Å². The summed E-state index contributed by atoms with van der Waals surface area (Å²) in [5.74, 6) is -0.220. The maximum atomic E-state index is 13.0. The Labute approximate surface area is 221 Å². The third-order valence-corrected chi connectivity index (χ3v) is 7.62. The Bertz CT molecular complexity index is 1410. The molecule has 188 valence electrons. The highest BCUT2D eigenvalue weighted by atomic mass is 32.1. The van der Waals surface area contributed by atoms with Gasteiger partial charge in [0.1, 0.15) is 16.3 Å². The molecule has 37 heavy (non-hydrogen) atoms. The zero-order valence-electron chi connectivity index (χ0n) is 21.0. The van der Waals surface area contributed by atoms with Crippen molar-refractivity contribution in [2.45, 2.75) is 38.7 Å². The maximum absolute atomic E-state index is 13.0. The first-order chi connectivity index (χ1) is 18.0. The lowest BCUT2D eigenvalue weighted by atomic mass is 9.89. The fourth-order valence-corrected chi connectivity index (χ4v) is 5.66. The number of benzene rings is 3. The van der Waals surface area contributed by atoms with E-state index in [-0.39, 0.29) is 5.91 Å². The number of rotatable bonds is 7. The van der Waals surface area contributed by atoms with Crippen LogP contribution in [0.4, 0.5) is 5.00 Å². The van der Waals surface area contributed by atoms with Gasteiger partial charge in [-0.2, -0.15) is 0 Å². The molecule has 1 heterocycles. The summed E-state index contributed by atoms with van der Waals surface area (Å²) in [4.78, 5) is 25.8. The van der Waals surface area contributed by atoms with E-state index in [1.54, 1.807) is 6.92 Å². The van der Waals surface area contributed by atoms with Crippen molar-refractivity contribution in [3.05, 3.63) is 94.9 Å². The van der Waals surface area contributed by atoms with Crippen molar-refractivity contribution >= 4 is 28.2 Å². The van der Waals surface area contributed by atoms with Crippen LogP contribution >= 0.6 is 11.3 Å². The number of aryl methyl sites for hydroxylation is 2. The van der Waals surface area contributed by atoms with Gasteiger partial charge in [0.05, 0.1) is 7.11 Å². The number of esters is 1. The smallest absolute Gasteiger partial charge is 0.341 e. The number of carbonyl (C=O) groups excluding carboxylic acids is 2. The first-order valence-corrected chi connectivity index (χ1v) is 13.4. The lowest BCUT2D eigenvalue weighted by Gasteiger charge is -2.17. The first-order valence-electron chi connectivity index (χ1n) is 12.5. The maximum Gasteiger partial charge on any atom is 0.341 e. The normalized spacial score (nSPS) is 13.4. The predicted molar refractivity (Wildman–Crippen MR) is 148 cm³/mol. The van der Waals surface area contributed by atoms with Crippen LogP contribution in [0.5, 0.6) is 5.75 Å². The van der Waals surface area contributed by atoms with Gasteiger partial charge in [-0.15, -0.1) is 11.3 Å². The molecule has 0 spiro atoms. The van der Waals surface area contributed by atoms with Crippen LogP contribution in [0.1, 0.15) is 41.3 Å². The Morgan fingerprint density at radius 2 is 1.54 bits per heavy atom. The third-order valence-electron chi connectivity index (χ3n) is 6.72. The van der Waals surface area contributed by atoms with Gasteiger partial charge < -0.3 is 14.8 Å². The molecule has 1 unspecified atom stereocenters. The lowest BCUT2D eigenvalue weighted by Crippen LogP contribution is -2.30. The molecule has 3 aromatic carbocycles. The fourth-order valence-electron chi connectivity index (χ4n) is 4.70. The van der Waals surface area contributed by atoms with Crippen LogP contribution in [0.25, 0.3) is 22.3 Å². The summed E-state index contributed by atoms with van der Waals surface area (Å²) in [5, 5.41) is 5.25. The van der Waals surface area contributed by atoms with E-state index in [1.165, 1.54) is 42.4 Å². The van der Waals surface area contributed by atoms with E-state index in [0.717, 1.165) is 35.1 Å². The van der Waals surface area contributed by atoms with E-state index in [1.807, 2.05) is 60.0 Å². The first kappa shape index (κ1) is 24.8. The lowest BCUT2D eigenvalue weighted by molar-refractivity contribution is -0.122. The van der Waals surface area contributed by atoms with E-state index in [4.69, 9.17) is 9.47 Å². The molecule has 0 saturated carbocycles. The minimum absolute atomic E-state index is 0.337. The fraction of sp³-hybridized carbons (Fsp3) is 0.226. The minimum Gasteiger partial charge on any atom is -0.481 e. The average Bonchev–Trinajstić information content (AvgIpc) is 3.36. The van der Waals surface area contributed by atoms with Gasteiger partial charge in [-0.1, -0.05) is 60.7 Å². The van der Waals surface area contributed by atoms with Gasteiger partial charge in [0.15, 0.2) is 6.10 Å². The van der Waals surface area contributed by atoms with Crippen molar-refractivity contribution in [3.8, 4) is 28.0 Å². The topological polar surface area (TPSA) is 64.6 Å². The minimum atomic E-state index is -0.762. The Kier molecular flexibility index (Phi) is 7.37. The molecule has 1 atom stereocenters. The largest absolute Gasteiger partial charge is 0.481 e. The molecular formula is C31H29NO4S. The predicted octanol–water partition coefficient (Wildman–Crippen LogP) is 7.15. The highest BCUT2D eigenvalue weighted by Gasteiger charge is 2.25. The van der Waals surface area contributed by atoms with Crippen LogP contribution in [0.15, 0.2) is 78.2 Å². The molecule has 0 fully saturated rings. The number of hydrogen-bond acceptors (Lipinski definition) is 5. The van der Waals surface area contributed by atoms with Gasteiger partial charge in [-0.3, -0.25) is 4.79 Å². The number of methoxy groups -OCH3 is 1. The third kappa shape index (κ3) is 5.44. The molecule has 1 aromatic heterocycles. The molecule has 1 aliphatic rings. The summed E-state index contributed by atoms with van der Waals surface area (Å²) in [6.07, 6.45) is 3.77. The van der Waals surface area contributed by atoms with E-state index >= 15 is 0 Å². The van der Waals surface area contributed by atoms with Crippen molar-refractivity contribution in [2.24, 2.45) is 0 Å². The molecule has 4 aromatic rings. The molecule has 1 aliphatic carbocycles. The van der Waals surface area contributed by atoms with Crippen LogP contribution in [0.3, 0.4) is 0 Å². The second-order valence-electron chi connectivity index (χ2n) is 9.18. The van der Waals surface area contributed by atoms with Crippen LogP contribution in [0.2, 0.25) is 0 Å². The second kappa shape index (κ2) is 11.0. The van der Waals surface area contributed by atoms with Crippen molar-refractivity contribution in [1.82, 2.24) is 0 Å². The number of thiophene rings is 1. The molecule has 5 nitrogen and oxygen atoms in total. The summed E-state index contributed by atoms with van der Waals surface area (Å²) in [6.45, 7) is 1.69. The zero-order valence-corrected chi connectivity index (χ0v) is 21.8. The highest BCUT2D eigenvalue weighted by Crippen LogP contribution is 2.38.